The molecular formula is C13H12BrClN2O. The molecule has 0 bridgehead atoms. The molecule has 2 N–H and O–H groups in total. The van der Waals surface area contributed by atoms with Crippen molar-refractivity contribution in [2.24, 2.45) is 0 Å². The van der Waals surface area contributed by atoms with Crippen molar-refractivity contribution < 1.29 is 5.11 Å². The van der Waals surface area contributed by atoms with E-state index in [0.717, 1.165) is 15.9 Å². The second-order valence-corrected chi connectivity index (χ2v) is 5.16. The molecule has 2 aromatic rings. The second kappa shape index (κ2) is 5.59. The quantitative estimate of drug-likeness (QED) is 0.891. The van der Waals surface area contributed by atoms with E-state index >= 15 is 0 Å². The summed E-state index contributed by atoms with van der Waals surface area (Å²) in [6.07, 6.45) is 0. The second-order valence-electron chi connectivity index (χ2n) is 3.90. The van der Waals surface area contributed by atoms with Gasteiger partial charge in [-0.2, -0.15) is 0 Å². The van der Waals surface area contributed by atoms with Crippen LogP contribution in [0.15, 0.2) is 34.8 Å². The zero-order chi connectivity index (χ0) is 13.1. The maximum Gasteiger partial charge on any atom is 0.138 e. The van der Waals surface area contributed by atoms with Gasteiger partial charge in [0.25, 0.3) is 0 Å². The van der Waals surface area contributed by atoms with Gasteiger partial charge in [-0.15, -0.1) is 0 Å². The number of aromatic nitrogens is 1. The number of aromatic hydroxyl groups is 1. The van der Waals surface area contributed by atoms with Crippen LogP contribution in [0, 0.1) is 6.92 Å². The average Bonchev–Trinajstić information content (AvgIpc) is 2.34. The van der Waals surface area contributed by atoms with Crippen LogP contribution < -0.4 is 5.32 Å². The summed E-state index contributed by atoms with van der Waals surface area (Å²) >= 11 is 9.33. The molecule has 1 heterocycles. The van der Waals surface area contributed by atoms with E-state index in [2.05, 4.69) is 26.2 Å². The lowest BCUT2D eigenvalue weighted by molar-refractivity contribution is 0.464. The fourth-order valence-corrected chi connectivity index (χ4v) is 1.95. The van der Waals surface area contributed by atoms with Crippen LogP contribution in [0.25, 0.3) is 0 Å². The molecule has 0 aliphatic carbocycles. The Morgan fingerprint density at radius 2 is 2.11 bits per heavy atom. The van der Waals surface area contributed by atoms with E-state index < -0.39 is 0 Å². The Bertz CT molecular complexity index is 575. The smallest absolute Gasteiger partial charge is 0.138 e. The fraction of sp³-hybridized carbons (Fsp3) is 0.154. The molecule has 0 radical (unpaired) electrons. The van der Waals surface area contributed by atoms with Crippen LogP contribution in [0.1, 0.15) is 11.4 Å². The maximum absolute atomic E-state index is 9.68. The van der Waals surface area contributed by atoms with Crippen LogP contribution in [-0.4, -0.2) is 10.1 Å². The van der Waals surface area contributed by atoms with Gasteiger partial charge < -0.3 is 10.4 Å². The van der Waals surface area contributed by atoms with Crippen LogP contribution in [0.2, 0.25) is 5.02 Å². The lowest BCUT2D eigenvalue weighted by Gasteiger charge is -2.09. The lowest BCUT2D eigenvalue weighted by Crippen LogP contribution is -2.02. The van der Waals surface area contributed by atoms with Gasteiger partial charge in [0.15, 0.2) is 0 Å². The minimum atomic E-state index is 0.191. The number of pyridine rings is 1. The molecule has 1 aromatic carbocycles. The van der Waals surface area contributed by atoms with Gasteiger partial charge in [-0.1, -0.05) is 11.6 Å². The Balaban J connectivity index is 2.11. The van der Waals surface area contributed by atoms with E-state index in [0.29, 0.717) is 17.3 Å². The normalized spacial score (nSPS) is 10.4. The van der Waals surface area contributed by atoms with Crippen molar-refractivity contribution in [3.63, 3.8) is 0 Å². The monoisotopic (exact) mass is 326 g/mol. The largest absolute Gasteiger partial charge is 0.506 e. The van der Waals surface area contributed by atoms with E-state index in [1.807, 2.05) is 25.1 Å². The molecule has 18 heavy (non-hydrogen) atoms. The van der Waals surface area contributed by atoms with Crippen molar-refractivity contribution in [3.8, 4) is 5.75 Å². The molecule has 0 aliphatic rings. The number of hydrogen-bond acceptors (Lipinski definition) is 3. The van der Waals surface area contributed by atoms with Crippen molar-refractivity contribution in [2.45, 2.75) is 13.5 Å². The summed E-state index contributed by atoms with van der Waals surface area (Å²) in [6.45, 7) is 2.34. The van der Waals surface area contributed by atoms with Crippen molar-refractivity contribution in [1.82, 2.24) is 4.98 Å². The first kappa shape index (κ1) is 13.2. The molecule has 1 aromatic heterocycles. The Kier molecular flexibility index (Phi) is 4.09. The maximum atomic E-state index is 9.68. The van der Waals surface area contributed by atoms with Gasteiger partial charge in [-0.3, -0.25) is 4.98 Å². The van der Waals surface area contributed by atoms with Gasteiger partial charge in [-0.25, -0.2) is 0 Å². The third kappa shape index (κ3) is 3.15. The minimum Gasteiger partial charge on any atom is -0.506 e. The minimum absolute atomic E-state index is 0.191. The van der Waals surface area contributed by atoms with Crippen LogP contribution in [0.3, 0.4) is 0 Å². The number of nitrogens with zero attached hydrogens (tertiary/aromatic N) is 1. The fourth-order valence-electron chi connectivity index (χ4n) is 1.53. The molecule has 2 rings (SSSR count). The number of hydrogen-bond donors (Lipinski definition) is 2. The van der Waals surface area contributed by atoms with E-state index in [1.165, 1.54) is 0 Å². The van der Waals surface area contributed by atoms with E-state index in [-0.39, 0.29) is 5.75 Å². The molecule has 94 valence electrons. The third-order valence-corrected chi connectivity index (χ3v) is 3.70. The molecule has 0 amide bonds. The zero-order valence-corrected chi connectivity index (χ0v) is 12.1. The molecule has 0 saturated heterocycles. The van der Waals surface area contributed by atoms with Crippen molar-refractivity contribution in [3.05, 3.63) is 51.2 Å². The third-order valence-electron chi connectivity index (χ3n) is 2.47. The SMILES string of the molecule is Cc1ccc(O)c(CNc2ccc(Br)c(Cl)c2)n1. The van der Waals surface area contributed by atoms with Crippen LogP contribution in [-0.2, 0) is 6.54 Å². The van der Waals surface area contributed by atoms with Gasteiger partial charge >= 0.3 is 0 Å². The predicted octanol–water partition coefficient (Wildman–Crippen LogP) is 4.12. The number of benzene rings is 1. The van der Waals surface area contributed by atoms with E-state index in [4.69, 9.17) is 11.6 Å². The first-order valence-electron chi connectivity index (χ1n) is 5.40. The van der Waals surface area contributed by atoms with Gasteiger partial charge in [-0.05, 0) is 53.2 Å². The highest BCUT2D eigenvalue weighted by atomic mass is 79.9. The summed E-state index contributed by atoms with van der Waals surface area (Å²) in [6, 6.07) is 9.01. The summed E-state index contributed by atoms with van der Waals surface area (Å²) in [4.78, 5) is 4.27. The number of rotatable bonds is 3. The van der Waals surface area contributed by atoms with Crippen molar-refractivity contribution in [2.75, 3.05) is 5.32 Å². The summed E-state index contributed by atoms with van der Waals surface area (Å²) in [7, 11) is 0. The summed E-state index contributed by atoms with van der Waals surface area (Å²) in [5, 5.41) is 13.5. The van der Waals surface area contributed by atoms with E-state index in [9.17, 15) is 5.11 Å². The van der Waals surface area contributed by atoms with Gasteiger partial charge in [0.1, 0.15) is 11.4 Å². The number of nitrogens with one attached hydrogen (secondary N) is 1. The Labute approximate surface area is 119 Å². The zero-order valence-electron chi connectivity index (χ0n) is 9.74. The highest BCUT2D eigenvalue weighted by Gasteiger charge is 2.04. The Morgan fingerprint density at radius 1 is 1.33 bits per heavy atom. The molecule has 0 aliphatic heterocycles. The summed E-state index contributed by atoms with van der Waals surface area (Å²) in [5.41, 5.74) is 2.37. The van der Waals surface area contributed by atoms with Gasteiger partial charge in [0.05, 0.1) is 11.6 Å². The highest BCUT2D eigenvalue weighted by molar-refractivity contribution is 9.10. The number of anilines is 1. The first-order chi connectivity index (χ1) is 8.56. The summed E-state index contributed by atoms with van der Waals surface area (Å²) < 4.78 is 0.853. The molecule has 0 unspecified atom stereocenters. The highest BCUT2D eigenvalue weighted by Crippen LogP contribution is 2.26. The molecule has 3 nitrogen and oxygen atoms in total. The summed E-state index contributed by atoms with van der Waals surface area (Å²) in [5.74, 6) is 0.191. The first-order valence-corrected chi connectivity index (χ1v) is 6.58. The van der Waals surface area contributed by atoms with Crippen LogP contribution in [0.4, 0.5) is 5.69 Å². The Morgan fingerprint density at radius 3 is 2.83 bits per heavy atom. The van der Waals surface area contributed by atoms with Crippen LogP contribution >= 0.6 is 27.5 Å². The average molecular weight is 328 g/mol. The Hall–Kier alpha value is -1.26. The molecule has 0 spiro atoms. The van der Waals surface area contributed by atoms with Gasteiger partial charge in [0, 0.05) is 15.9 Å². The molecule has 0 fully saturated rings. The number of aryl methyl sites for hydroxylation is 1. The van der Waals surface area contributed by atoms with Gasteiger partial charge in [0.2, 0.25) is 0 Å². The van der Waals surface area contributed by atoms with Crippen LogP contribution in [0.5, 0.6) is 5.75 Å². The molecular weight excluding hydrogens is 316 g/mol. The predicted molar refractivity (Wildman–Crippen MR) is 77.1 cm³/mol. The molecule has 0 saturated carbocycles. The topological polar surface area (TPSA) is 45.1 Å². The van der Waals surface area contributed by atoms with Crippen molar-refractivity contribution in [1.29, 1.82) is 0 Å². The molecule has 5 heteroatoms. The lowest BCUT2D eigenvalue weighted by atomic mass is 10.2. The molecule has 0 atom stereocenters. The van der Waals surface area contributed by atoms with Crippen molar-refractivity contribution >= 4 is 33.2 Å². The standard InChI is InChI=1S/C13H12BrClN2O/c1-8-2-5-13(18)12(17-8)7-16-9-3-4-10(14)11(15)6-9/h2-6,16,18H,7H2,1H3. The van der Waals surface area contributed by atoms with E-state index in [1.54, 1.807) is 12.1 Å². The number of halogens is 2.